The van der Waals surface area contributed by atoms with Gasteiger partial charge in [0.2, 0.25) is 0 Å². The monoisotopic (exact) mass is 252 g/mol. The van der Waals surface area contributed by atoms with Crippen LogP contribution in [0, 0.1) is 0 Å². The summed E-state index contributed by atoms with van der Waals surface area (Å²) in [5, 5.41) is 6.54. The minimum absolute atomic E-state index is 0.816. The number of hydrogen-bond donors (Lipinski definition) is 2. The summed E-state index contributed by atoms with van der Waals surface area (Å²) < 4.78 is 5.27. The number of furan rings is 1. The third kappa shape index (κ3) is 5.72. The molecule has 1 heterocycles. The topological polar surface area (TPSA) is 52.8 Å². The first kappa shape index (κ1) is 14.6. The second-order valence-electron chi connectivity index (χ2n) is 4.15. The van der Waals surface area contributed by atoms with Gasteiger partial charge in [-0.15, -0.1) is 0 Å². The predicted molar refractivity (Wildman–Crippen MR) is 74.9 cm³/mol. The van der Waals surface area contributed by atoms with Crippen LogP contribution in [0.1, 0.15) is 12.7 Å². The Hall–Kier alpha value is -1.49. The third-order valence-corrected chi connectivity index (χ3v) is 2.79. The summed E-state index contributed by atoms with van der Waals surface area (Å²) in [5.74, 6) is 1.83. The molecule has 18 heavy (non-hydrogen) atoms. The van der Waals surface area contributed by atoms with Crippen molar-refractivity contribution in [2.75, 3.05) is 40.3 Å². The highest BCUT2D eigenvalue weighted by Crippen LogP contribution is 1.99. The lowest BCUT2D eigenvalue weighted by molar-refractivity contribution is 0.357. The van der Waals surface area contributed by atoms with E-state index in [9.17, 15) is 0 Å². The van der Waals surface area contributed by atoms with E-state index in [0.717, 1.165) is 44.3 Å². The largest absolute Gasteiger partial charge is 0.469 e. The smallest absolute Gasteiger partial charge is 0.191 e. The predicted octanol–water partition coefficient (Wildman–Crippen LogP) is 0.939. The van der Waals surface area contributed by atoms with Crippen molar-refractivity contribution in [1.29, 1.82) is 0 Å². The molecular formula is C13H24N4O. The molecule has 0 unspecified atom stereocenters. The summed E-state index contributed by atoms with van der Waals surface area (Å²) in [5.41, 5.74) is 0. The van der Waals surface area contributed by atoms with Gasteiger partial charge in [0.1, 0.15) is 5.76 Å². The van der Waals surface area contributed by atoms with Crippen LogP contribution in [-0.2, 0) is 6.42 Å². The molecule has 0 radical (unpaired) electrons. The first-order valence-electron chi connectivity index (χ1n) is 6.41. The fourth-order valence-electron chi connectivity index (χ4n) is 1.50. The summed E-state index contributed by atoms with van der Waals surface area (Å²) in [7, 11) is 3.89. The van der Waals surface area contributed by atoms with Gasteiger partial charge in [0.25, 0.3) is 0 Å². The Labute approximate surface area is 109 Å². The van der Waals surface area contributed by atoms with Gasteiger partial charge in [-0.25, -0.2) is 0 Å². The molecule has 0 fully saturated rings. The quantitative estimate of drug-likeness (QED) is 0.560. The van der Waals surface area contributed by atoms with Crippen molar-refractivity contribution in [2.45, 2.75) is 13.3 Å². The summed E-state index contributed by atoms with van der Waals surface area (Å²) in [6.45, 7) is 5.93. The molecule has 0 aliphatic carbocycles. The van der Waals surface area contributed by atoms with Gasteiger partial charge >= 0.3 is 0 Å². The van der Waals surface area contributed by atoms with Crippen LogP contribution in [0.4, 0.5) is 0 Å². The molecule has 2 N–H and O–H groups in total. The normalized spacial score (nSPS) is 11.9. The molecule has 0 amide bonds. The van der Waals surface area contributed by atoms with Gasteiger partial charge < -0.3 is 20.0 Å². The lowest BCUT2D eigenvalue weighted by atomic mass is 10.3. The summed E-state index contributed by atoms with van der Waals surface area (Å²) >= 11 is 0. The van der Waals surface area contributed by atoms with Crippen LogP contribution >= 0.6 is 0 Å². The molecule has 0 saturated heterocycles. The highest BCUT2D eigenvalue weighted by atomic mass is 16.3. The zero-order chi connectivity index (χ0) is 13.2. The van der Waals surface area contributed by atoms with Crippen LogP contribution in [0.3, 0.4) is 0 Å². The Balaban J connectivity index is 2.14. The number of nitrogens with zero attached hydrogens (tertiary/aromatic N) is 2. The molecule has 0 bridgehead atoms. The number of nitrogens with one attached hydrogen (secondary N) is 2. The van der Waals surface area contributed by atoms with E-state index < -0.39 is 0 Å². The molecule has 0 atom stereocenters. The Morgan fingerprint density at radius 3 is 2.78 bits per heavy atom. The minimum atomic E-state index is 0.816. The molecule has 1 rings (SSSR count). The lowest BCUT2D eigenvalue weighted by Gasteiger charge is -2.16. The van der Waals surface area contributed by atoms with Crippen LogP contribution in [-0.4, -0.2) is 51.1 Å². The van der Waals surface area contributed by atoms with Crippen LogP contribution in [0.2, 0.25) is 0 Å². The van der Waals surface area contributed by atoms with Crippen molar-refractivity contribution < 1.29 is 4.42 Å². The third-order valence-electron chi connectivity index (χ3n) is 2.79. The van der Waals surface area contributed by atoms with E-state index in [0.29, 0.717) is 0 Å². The molecule has 0 aliphatic rings. The summed E-state index contributed by atoms with van der Waals surface area (Å²) in [6.07, 6.45) is 2.56. The maximum Gasteiger partial charge on any atom is 0.191 e. The number of rotatable bonds is 7. The molecule has 102 valence electrons. The van der Waals surface area contributed by atoms with Gasteiger partial charge in [0, 0.05) is 33.1 Å². The minimum Gasteiger partial charge on any atom is -0.469 e. The van der Waals surface area contributed by atoms with Gasteiger partial charge in [-0.1, -0.05) is 6.92 Å². The Morgan fingerprint density at radius 1 is 1.39 bits per heavy atom. The highest BCUT2D eigenvalue weighted by molar-refractivity contribution is 5.79. The number of aliphatic imine (C=N–C) groups is 1. The van der Waals surface area contributed by atoms with E-state index in [2.05, 4.69) is 34.5 Å². The molecule has 5 nitrogen and oxygen atoms in total. The zero-order valence-electron chi connectivity index (χ0n) is 11.6. The fourth-order valence-corrected chi connectivity index (χ4v) is 1.50. The molecule has 0 aromatic carbocycles. The number of guanidine groups is 1. The number of hydrogen-bond acceptors (Lipinski definition) is 3. The van der Waals surface area contributed by atoms with E-state index in [-0.39, 0.29) is 0 Å². The van der Waals surface area contributed by atoms with Crippen LogP contribution < -0.4 is 10.6 Å². The molecule has 1 aromatic heterocycles. The van der Waals surface area contributed by atoms with Gasteiger partial charge in [0.15, 0.2) is 5.96 Å². The average molecular weight is 252 g/mol. The van der Waals surface area contributed by atoms with Crippen molar-refractivity contribution >= 4 is 5.96 Å². The van der Waals surface area contributed by atoms with Crippen molar-refractivity contribution in [1.82, 2.24) is 15.5 Å². The van der Waals surface area contributed by atoms with Crippen LogP contribution in [0.15, 0.2) is 27.8 Å². The molecule has 5 heteroatoms. The van der Waals surface area contributed by atoms with Crippen molar-refractivity contribution in [3.8, 4) is 0 Å². The van der Waals surface area contributed by atoms with E-state index in [1.54, 1.807) is 13.3 Å². The maximum absolute atomic E-state index is 5.27. The Kier molecular flexibility index (Phi) is 6.94. The van der Waals surface area contributed by atoms with Crippen LogP contribution in [0.5, 0.6) is 0 Å². The summed E-state index contributed by atoms with van der Waals surface area (Å²) in [6, 6.07) is 3.89. The van der Waals surface area contributed by atoms with Gasteiger partial charge in [-0.2, -0.15) is 0 Å². The molecule has 0 aliphatic heterocycles. The average Bonchev–Trinajstić information content (AvgIpc) is 2.89. The first-order valence-corrected chi connectivity index (χ1v) is 6.41. The standard InChI is InChI=1S/C13H24N4O/c1-4-17(3)10-9-16-13(14-2)15-8-7-12-6-5-11-18-12/h5-6,11H,4,7-10H2,1-3H3,(H2,14,15,16). The van der Waals surface area contributed by atoms with E-state index in [1.165, 1.54) is 0 Å². The maximum atomic E-state index is 5.27. The fraction of sp³-hybridized carbons (Fsp3) is 0.615. The summed E-state index contributed by atoms with van der Waals surface area (Å²) in [4.78, 5) is 6.43. The Bertz CT molecular complexity index is 335. The van der Waals surface area contributed by atoms with E-state index in [4.69, 9.17) is 4.42 Å². The second kappa shape index (κ2) is 8.58. The molecule has 0 saturated carbocycles. The molecular weight excluding hydrogens is 228 g/mol. The van der Waals surface area contributed by atoms with Gasteiger partial charge in [-0.05, 0) is 25.7 Å². The molecule has 1 aromatic rings. The molecule has 0 spiro atoms. The van der Waals surface area contributed by atoms with E-state index in [1.807, 2.05) is 12.1 Å². The zero-order valence-corrected chi connectivity index (χ0v) is 11.6. The van der Waals surface area contributed by atoms with Crippen LogP contribution in [0.25, 0.3) is 0 Å². The lowest BCUT2D eigenvalue weighted by Crippen LogP contribution is -2.41. The van der Waals surface area contributed by atoms with Crippen molar-refractivity contribution in [3.05, 3.63) is 24.2 Å². The van der Waals surface area contributed by atoms with Crippen molar-refractivity contribution in [2.24, 2.45) is 4.99 Å². The van der Waals surface area contributed by atoms with Gasteiger partial charge in [-0.3, -0.25) is 4.99 Å². The number of likely N-dealkylation sites (N-methyl/N-ethyl adjacent to an activating group) is 1. The SMILES string of the molecule is CCN(C)CCNC(=NC)NCCc1ccco1. The second-order valence-corrected chi connectivity index (χ2v) is 4.15. The Morgan fingerprint density at radius 2 is 2.17 bits per heavy atom. The first-order chi connectivity index (χ1) is 8.76. The van der Waals surface area contributed by atoms with Crippen molar-refractivity contribution in [3.63, 3.8) is 0 Å². The van der Waals surface area contributed by atoms with Gasteiger partial charge in [0.05, 0.1) is 6.26 Å². The highest BCUT2D eigenvalue weighted by Gasteiger charge is 1.99. The van der Waals surface area contributed by atoms with E-state index >= 15 is 0 Å².